The molecule has 1 atom stereocenters. The number of allylic oxidation sites excluding steroid dienone is 1. The number of carbonyl (C=O) groups excluding carboxylic acids is 2. The standard InChI is InChI=1S/C23H32N2O4/c1-28-20-9-8-18(14-21(20)29-2)11-13-25-16-19(15-22(25)26)23(27)24-12-10-17-6-4-3-5-7-17/h6,8-9,14,19H,3-5,7,10-13,15-16H2,1-2H3,(H,24,27). The third-order valence-electron chi connectivity index (χ3n) is 5.83. The van der Waals surface area contributed by atoms with E-state index in [1.54, 1.807) is 19.1 Å². The number of benzene rings is 1. The van der Waals surface area contributed by atoms with Crippen LogP contribution in [0.5, 0.6) is 11.5 Å². The molecule has 29 heavy (non-hydrogen) atoms. The topological polar surface area (TPSA) is 67.9 Å². The van der Waals surface area contributed by atoms with Crippen LogP contribution in [0.1, 0.15) is 44.1 Å². The smallest absolute Gasteiger partial charge is 0.225 e. The molecule has 0 saturated carbocycles. The molecule has 0 bridgehead atoms. The Morgan fingerprint density at radius 3 is 2.72 bits per heavy atom. The summed E-state index contributed by atoms with van der Waals surface area (Å²) in [6.45, 7) is 1.77. The second kappa shape index (κ2) is 10.3. The van der Waals surface area contributed by atoms with Gasteiger partial charge in [-0.2, -0.15) is 0 Å². The van der Waals surface area contributed by atoms with Crippen LogP contribution in [0.15, 0.2) is 29.8 Å². The van der Waals surface area contributed by atoms with Gasteiger partial charge >= 0.3 is 0 Å². The van der Waals surface area contributed by atoms with Crippen LogP contribution >= 0.6 is 0 Å². The van der Waals surface area contributed by atoms with Gasteiger partial charge in [0.15, 0.2) is 11.5 Å². The summed E-state index contributed by atoms with van der Waals surface area (Å²) in [7, 11) is 3.22. The normalized spacial score (nSPS) is 19.1. The summed E-state index contributed by atoms with van der Waals surface area (Å²) in [4.78, 5) is 26.6. The second-order valence-corrected chi connectivity index (χ2v) is 7.83. The van der Waals surface area contributed by atoms with Gasteiger partial charge in [0.05, 0.1) is 20.1 Å². The molecule has 158 valence electrons. The number of carbonyl (C=O) groups is 2. The Labute approximate surface area is 173 Å². The van der Waals surface area contributed by atoms with Crippen molar-refractivity contribution in [3.63, 3.8) is 0 Å². The molecule has 0 spiro atoms. The minimum Gasteiger partial charge on any atom is -0.493 e. The van der Waals surface area contributed by atoms with Crippen LogP contribution in [-0.4, -0.2) is 50.6 Å². The van der Waals surface area contributed by atoms with Gasteiger partial charge in [0, 0.05) is 26.1 Å². The van der Waals surface area contributed by atoms with Crippen molar-refractivity contribution in [2.24, 2.45) is 5.92 Å². The summed E-state index contributed by atoms with van der Waals surface area (Å²) in [5, 5.41) is 3.03. The lowest BCUT2D eigenvalue weighted by Gasteiger charge is -2.17. The molecular weight excluding hydrogens is 368 g/mol. The second-order valence-electron chi connectivity index (χ2n) is 7.83. The number of rotatable bonds is 9. The zero-order chi connectivity index (χ0) is 20.6. The maximum atomic E-state index is 12.5. The van der Waals surface area contributed by atoms with Gasteiger partial charge < -0.3 is 19.7 Å². The van der Waals surface area contributed by atoms with E-state index >= 15 is 0 Å². The highest BCUT2D eigenvalue weighted by atomic mass is 16.5. The first kappa shape index (κ1) is 21.2. The van der Waals surface area contributed by atoms with Crippen molar-refractivity contribution in [3.8, 4) is 11.5 Å². The van der Waals surface area contributed by atoms with E-state index < -0.39 is 0 Å². The van der Waals surface area contributed by atoms with Gasteiger partial charge in [-0.25, -0.2) is 0 Å². The number of hydrogen-bond acceptors (Lipinski definition) is 4. The highest BCUT2D eigenvalue weighted by Gasteiger charge is 2.33. The quantitative estimate of drug-likeness (QED) is 0.647. The van der Waals surface area contributed by atoms with Gasteiger partial charge in [0.2, 0.25) is 11.8 Å². The minimum atomic E-state index is -0.242. The number of hydrogen-bond donors (Lipinski definition) is 1. The fourth-order valence-electron chi connectivity index (χ4n) is 4.09. The molecule has 1 aliphatic carbocycles. The van der Waals surface area contributed by atoms with Crippen LogP contribution in [0.25, 0.3) is 0 Å². The zero-order valence-corrected chi connectivity index (χ0v) is 17.5. The van der Waals surface area contributed by atoms with Crippen LogP contribution in [0.2, 0.25) is 0 Å². The molecule has 1 heterocycles. The van der Waals surface area contributed by atoms with Crippen molar-refractivity contribution in [1.29, 1.82) is 0 Å². The molecule has 1 fully saturated rings. The van der Waals surface area contributed by atoms with Crippen molar-refractivity contribution in [2.75, 3.05) is 33.9 Å². The summed E-state index contributed by atoms with van der Waals surface area (Å²) in [5.74, 6) is 1.19. The summed E-state index contributed by atoms with van der Waals surface area (Å²) in [5.41, 5.74) is 2.53. The molecule has 6 heteroatoms. The predicted octanol–water partition coefficient (Wildman–Crippen LogP) is 3.10. The molecule has 2 aliphatic rings. The number of nitrogens with one attached hydrogen (secondary N) is 1. The van der Waals surface area contributed by atoms with Crippen LogP contribution in [0.3, 0.4) is 0 Å². The van der Waals surface area contributed by atoms with Crippen molar-refractivity contribution in [1.82, 2.24) is 10.2 Å². The van der Waals surface area contributed by atoms with Crippen LogP contribution in [0.4, 0.5) is 0 Å². The molecule has 1 aromatic carbocycles. The van der Waals surface area contributed by atoms with Crippen molar-refractivity contribution in [2.45, 2.75) is 44.9 Å². The van der Waals surface area contributed by atoms with E-state index in [1.165, 1.54) is 18.4 Å². The van der Waals surface area contributed by atoms with E-state index in [9.17, 15) is 9.59 Å². The van der Waals surface area contributed by atoms with Crippen LogP contribution in [-0.2, 0) is 16.0 Å². The summed E-state index contributed by atoms with van der Waals surface area (Å²) in [6.07, 6.45) is 9.11. The Morgan fingerprint density at radius 2 is 2.00 bits per heavy atom. The molecule has 0 radical (unpaired) electrons. The van der Waals surface area contributed by atoms with E-state index in [1.807, 2.05) is 18.2 Å². The third kappa shape index (κ3) is 5.75. The Morgan fingerprint density at radius 1 is 1.17 bits per heavy atom. The lowest BCUT2D eigenvalue weighted by molar-refractivity contribution is -0.129. The van der Waals surface area contributed by atoms with Gasteiger partial charge in [0.25, 0.3) is 0 Å². The lowest BCUT2D eigenvalue weighted by Crippen LogP contribution is -2.34. The largest absolute Gasteiger partial charge is 0.493 e. The molecule has 1 aliphatic heterocycles. The Balaban J connectivity index is 1.44. The predicted molar refractivity (Wildman–Crippen MR) is 112 cm³/mol. The maximum Gasteiger partial charge on any atom is 0.225 e. The van der Waals surface area contributed by atoms with Gasteiger partial charge in [-0.1, -0.05) is 17.7 Å². The van der Waals surface area contributed by atoms with Gasteiger partial charge in [-0.3, -0.25) is 9.59 Å². The number of ether oxygens (including phenoxy) is 2. The van der Waals surface area contributed by atoms with Gasteiger partial charge in [-0.15, -0.1) is 0 Å². The highest BCUT2D eigenvalue weighted by Crippen LogP contribution is 2.28. The molecule has 1 unspecified atom stereocenters. The first-order valence-corrected chi connectivity index (χ1v) is 10.5. The van der Waals surface area contributed by atoms with Crippen molar-refractivity contribution >= 4 is 11.8 Å². The number of methoxy groups -OCH3 is 2. The number of amides is 2. The molecule has 0 aromatic heterocycles. The lowest BCUT2D eigenvalue weighted by atomic mass is 9.97. The highest BCUT2D eigenvalue weighted by molar-refractivity contribution is 5.89. The fourth-order valence-corrected chi connectivity index (χ4v) is 4.09. The summed E-state index contributed by atoms with van der Waals surface area (Å²) in [6, 6.07) is 5.79. The van der Waals surface area contributed by atoms with E-state index in [-0.39, 0.29) is 17.7 Å². The molecule has 3 rings (SSSR count). The molecule has 1 N–H and O–H groups in total. The third-order valence-corrected chi connectivity index (χ3v) is 5.83. The van der Waals surface area contributed by atoms with Crippen molar-refractivity contribution < 1.29 is 19.1 Å². The van der Waals surface area contributed by atoms with Crippen molar-refractivity contribution in [3.05, 3.63) is 35.4 Å². The summed E-state index contributed by atoms with van der Waals surface area (Å²) >= 11 is 0. The monoisotopic (exact) mass is 400 g/mol. The van der Waals surface area contributed by atoms with Gasteiger partial charge in [-0.05, 0) is 56.2 Å². The Kier molecular flexibility index (Phi) is 7.55. The van der Waals surface area contributed by atoms with E-state index in [4.69, 9.17) is 9.47 Å². The van der Waals surface area contributed by atoms with E-state index in [2.05, 4.69) is 11.4 Å². The number of likely N-dealkylation sites (tertiary alicyclic amines) is 1. The average Bonchev–Trinajstić information content (AvgIpc) is 3.13. The van der Waals surface area contributed by atoms with Gasteiger partial charge in [0.1, 0.15) is 0 Å². The molecule has 1 saturated heterocycles. The van der Waals surface area contributed by atoms with Crippen LogP contribution < -0.4 is 14.8 Å². The molecule has 2 amide bonds. The van der Waals surface area contributed by atoms with E-state index in [0.29, 0.717) is 44.0 Å². The van der Waals surface area contributed by atoms with Crippen LogP contribution in [0, 0.1) is 5.92 Å². The first-order valence-electron chi connectivity index (χ1n) is 10.5. The zero-order valence-electron chi connectivity index (χ0n) is 17.5. The van der Waals surface area contributed by atoms with E-state index in [0.717, 1.165) is 24.8 Å². The fraction of sp³-hybridized carbons (Fsp3) is 0.565. The summed E-state index contributed by atoms with van der Waals surface area (Å²) < 4.78 is 10.6. The number of nitrogens with zero attached hydrogens (tertiary/aromatic N) is 1. The molecular formula is C23H32N2O4. The Hall–Kier alpha value is -2.50. The molecule has 1 aromatic rings. The maximum absolute atomic E-state index is 12.5. The molecule has 6 nitrogen and oxygen atoms in total. The average molecular weight is 401 g/mol. The first-order chi connectivity index (χ1) is 14.1. The SMILES string of the molecule is COc1ccc(CCN2CC(C(=O)NCCC3=CCCCC3)CC2=O)cc1OC. The minimum absolute atomic E-state index is 0.00313. The Bertz CT molecular complexity index is 759.